The van der Waals surface area contributed by atoms with Crippen molar-refractivity contribution in [2.75, 3.05) is 26.7 Å². The second-order valence-electron chi connectivity index (χ2n) is 7.25. The number of likely N-dealkylation sites (tertiary alicyclic amines) is 1. The number of nitrogens with zero attached hydrogens (tertiary/aromatic N) is 2. The first-order valence-corrected chi connectivity index (χ1v) is 9.77. The molecular formula is C19H26N2O2S. The van der Waals surface area contributed by atoms with Crippen LogP contribution in [0.5, 0.6) is 0 Å². The van der Waals surface area contributed by atoms with Gasteiger partial charge in [0.15, 0.2) is 0 Å². The van der Waals surface area contributed by atoms with E-state index in [1.165, 1.54) is 5.56 Å². The van der Waals surface area contributed by atoms with Gasteiger partial charge in [0.25, 0.3) is 0 Å². The van der Waals surface area contributed by atoms with Crippen molar-refractivity contribution in [1.82, 2.24) is 9.80 Å². The summed E-state index contributed by atoms with van der Waals surface area (Å²) in [6, 6.07) is 6.74. The number of likely N-dealkylation sites (N-methyl/N-ethyl adjacent to an activating group) is 1. The van der Waals surface area contributed by atoms with Gasteiger partial charge in [-0.05, 0) is 60.8 Å². The second kappa shape index (κ2) is 7.00. The third kappa shape index (κ3) is 3.59. The first-order valence-electron chi connectivity index (χ1n) is 8.82. The lowest BCUT2D eigenvalue weighted by Gasteiger charge is -2.38. The summed E-state index contributed by atoms with van der Waals surface area (Å²) in [5, 5.41) is 4.43. The van der Waals surface area contributed by atoms with E-state index in [1.807, 2.05) is 12.1 Å². The zero-order valence-corrected chi connectivity index (χ0v) is 15.1. The molecule has 2 aromatic heterocycles. The van der Waals surface area contributed by atoms with Gasteiger partial charge in [-0.3, -0.25) is 9.80 Å². The molecule has 0 aromatic carbocycles. The van der Waals surface area contributed by atoms with Crippen LogP contribution < -0.4 is 0 Å². The maximum atomic E-state index is 6.32. The van der Waals surface area contributed by atoms with Crippen LogP contribution in [0, 0.1) is 0 Å². The smallest absolute Gasteiger partial charge is 0.117 e. The van der Waals surface area contributed by atoms with E-state index in [9.17, 15) is 0 Å². The largest absolute Gasteiger partial charge is 0.468 e. The van der Waals surface area contributed by atoms with Gasteiger partial charge in [0.2, 0.25) is 0 Å². The zero-order chi connectivity index (χ0) is 16.4. The van der Waals surface area contributed by atoms with Gasteiger partial charge in [-0.15, -0.1) is 0 Å². The van der Waals surface area contributed by atoms with E-state index in [1.54, 1.807) is 17.6 Å². The maximum absolute atomic E-state index is 6.32. The van der Waals surface area contributed by atoms with Crippen LogP contribution in [-0.2, 0) is 17.8 Å². The van der Waals surface area contributed by atoms with E-state index in [0.717, 1.165) is 57.8 Å². The first-order chi connectivity index (χ1) is 11.7. The van der Waals surface area contributed by atoms with Crippen LogP contribution >= 0.6 is 11.3 Å². The molecule has 2 saturated heterocycles. The fourth-order valence-electron chi connectivity index (χ4n) is 3.99. The molecule has 1 spiro atoms. The average molecular weight is 346 g/mol. The quantitative estimate of drug-likeness (QED) is 0.827. The van der Waals surface area contributed by atoms with Gasteiger partial charge >= 0.3 is 0 Å². The van der Waals surface area contributed by atoms with Gasteiger partial charge in [0.1, 0.15) is 5.76 Å². The van der Waals surface area contributed by atoms with Crippen LogP contribution in [0.3, 0.4) is 0 Å². The molecular weight excluding hydrogens is 320 g/mol. The molecule has 0 saturated carbocycles. The molecule has 0 aliphatic carbocycles. The highest BCUT2D eigenvalue weighted by atomic mass is 32.1. The normalized spacial score (nSPS) is 24.2. The Morgan fingerprint density at radius 3 is 2.92 bits per heavy atom. The predicted octanol–water partition coefficient (Wildman–Crippen LogP) is 3.60. The number of rotatable bonds is 5. The van der Waals surface area contributed by atoms with Crippen molar-refractivity contribution in [1.29, 1.82) is 0 Å². The summed E-state index contributed by atoms with van der Waals surface area (Å²) >= 11 is 1.79. The van der Waals surface area contributed by atoms with Gasteiger partial charge in [-0.25, -0.2) is 0 Å². The summed E-state index contributed by atoms with van der Waals surface area (Å²) in [5.41, 5.74) is 1.55. The van der Waals surface area contributed by atoms with Crippen LogP contribution in [0.15, 0.2) is 39.6 Å². The number of ether oxygens (including phenoxy) is 1. The first kappa shape index (κ1) is 16.3. The third-order valence-electron chi connectivity index (χ3n) is 5.55. The van der Waals surface area contributed by atoms with Crippen LogP contribution in [-0.4, -0.2) is 48.2 Å². The standard InChI is InChI=1S/C19H26N2O2S/c1-20(13-18-3-2-9-22-18)17-11-19(23-14-17)5-7-21(8-6-19)12-16-4-10-24-15-16/h2-4,9-10,15,17H,5-8,11-14H2,1H3/t17-/m1/s1. The molecule has 1 atom stereocenters. The van der Waals surface area contributed by atoms with Crippen molar-refractivity contribution >= 4 is 11.3 Å². The highest BCUT2D eigenvalue weighted by Gasteiger charge is 2.43. The molecule has 130 valence electrons. The number of hydrogen-bond acceptors (Lipinski definition) is 5. The third-order valence-corrected chi connectivity index (χ3v) is 6.28. The Balaban J connectivity index is 1.28. The van der Waals surface area contributed by atoms with Crippen molar-refractivity contribution in [3.8, 4) is 0 Å². The van der Waals surface area contributed by atoms with Gasteiger partial charge in [0, 0.05) is 25.7 Å². The van der Waals surface area contributed by atoms with E-state index < -0.39 is 0 Å². The van der Waals surface area contributed by atoms with E-state index in [-0.39, 0.29) is 5.60 Å². The van der Waals surface area contributed by atoms with E-state index in [0.29, 0.717) is 6.04 Å². The van der Waals surface area contributed by atoms with Gasteiger partial charge in [-0.2, -0.15) is 11.3 Å². The highest BCUT2D eigenvalue weighted by molar-refractivity contribution is 7.07. The molecule has 4 rings (SSSR count). The minimum absolute atomic E-state index is 0.104. The molecule has 2 aliphatic rings. The minimum Gasteiger partial charge on any atom is -0.468 e. The fraction of sp³-hybridized carbons (Fsp3) is 0.579. The number of furan rings is 1. The van der Waals surface area contributed by atoms with Crippen molar-refractivity contribution in [3.63, 3.8) is 0 Å². The van der Waals surface area contributed by atoms with Crippen molar-refractivity contribution < 1.29 is 9.15 Å². The molecule has 24 heavy (non-hydrogen) atoms. The topological polar surface area (TPSA) is 28.9 Å². The van der Waals surface area contributed by atoms with Gasteiger partial charge in [0.05, 0.1) is 25.0 Å². The summed E-state index contributed by atoms with van der Waals surface area (Å²) in [7, 11) is 2.18. The molecule has 0 bridgehead atoms. The lowest BCUT2D eigenvalue weighted by molar-refractivity contribution is -0.0452. The van der Waals surface area contributed by atoms with Crippen LogP contribution in [0.4, 0.5) is 0 Å². The van der Waals surface area contributed by atoms with E-state index in [2.05, 4.69) is 33.7 Å². The Hall–Kier alpha value is -1.14. The monoisotopic (exact) mass is 346 g/mol. The Morgan fingerprint density at radius 1 is 1.33 bits per heavy atom. The summed E-state index contributed by atoms with van der Waals surface area (Å²) in [6.07, 6.45) is 5.21. The Bertz CT molecular complexity index is 618. The van der Waals surface area contributed by atoms with Gasteiger partial charge < -0.3 is 9.15 Å². The molecule has 4 nitrogen and oxygen atoms in total. The van der Waals surface area contributed by atoms with Crippen LogP contribution in [0.2, 0.25) is 0 Å². The maximum Gasteiger partial charge on any atom is 0.117 e. The van der Waals surface area contributed by atoms with Crippen LogP contribution in [0.25, 0.3) is 0 Å². The zero-order valence-electron chi connectivity index (χ0n) is 14.3. The predicted molar refractivity (Wildman–Crippen MR) is 96.1 cm³/mol. The van der Waals surface area contributed by atoms with Crippen LogP contribution in [0.1, 0.15) is 30.6 Å². The number of piperidine rings is 1. The van der Waals surface area contributed by atoms with Crippen molar-refractivity contribution in [3.05, 3.63) is 46.5 Å². The Labute approximate surface area is 148 Å². The molecule has 0 radical (unpaired) electrons. The molecule has 2 aromatic rings. The SMILES string of the molecule is CN(Cc1ccco1)[C@H]1COC2(CCN(Cc3ccsc3)CC2)C1. The Morgan fingerprint density at radius 2 is 2.21 bits per heavy atom. The molecule has 4 heterocycles. The number of thiophene rings is 1. The minimum atomic E-state index is 0.104. The molecule has 0 amide bonds. The van der Waals surface area contributed by atoms with E-state index in [4.69, 9.17) is 9.15 Å². The molecule has 2 aliphatic heterocycles. The molecule has 0 N–H and O–H groups in total. The highest BCUT2D eigenvalue weighted by Crippen LogP contribution is 2.38. The number of hydrogen-bond donors (Lipinski definition) is 0. The van der Waals surface area contributed by atoms with Gasteiger partial charge in [-0.1, -0.05) is 0 Å². The summed E-state index contributed by atoms with van der Waals surface area (Å²) < 4.78 is 11.8. The summed E-state index contributed by atoms with van der Waals surface area (Å²) in [4.78, 5) is 4.95. The molecule has 2 fully saturated rings. The average Bonchev–Trinajstić information content (AvgIpc) is 3.33. The molecule has 5 heteroatoms. The van der Waals surface area contributed by atoms with E-state index >= 15 is 0 Å². The summed E-state index contributed by atoms with van der Waals surface area (Å²) in [5.74, 6) is 1.03. The lowest BCUT2D eigenvalue weighted by atomic mass is 9.87. The van der Waals surface area contributed by atoms with Crippen molar-refractivity contribution in [2.24, 2.45) is 0 Å². The second-order valence-corrected chi connectivity index (χ2v) is 8.03. The Kier molecular flexibility index (Phi) is 4.77. The molecule has 0 unspecified atom stereocenters. The fourth-order valence-corrected chi connectivity index (χ4v) is 4.65. The van der Waals surface area contributed by atoms with Crippen molar-refractivity contribution in [2.45, 2.75) is 44.0 Å². The summed E-state index contributed by atoms with van der Waals surface area (Å²) in [6.45, 7) is 5.08. The lowest BCUT2D eigenvalue weighted by Crippen LogP contribution is -2.44.